The van der Waals surface area contributed by atoms with E-state index in [1.807, 2.05) is 0 Å². The van der Waals surface area contributed by atoms with Crippen LogP contribution in [-0.2, 0) is 6.54 Å². The molecule has 0 atom stereocenters. The molecule has 2 aromatic carbocycles. The van der Waals surface area contributed by atoms with Gasteiger partial charge in [-0.3, -0.25) is 0 Å². The monoisotopic (exact) mass is 409 g/mol. The molecule has 30 heavy (non-hydrogen) atoms. The summed E-state index contributed by atoms with van der Waals surface area (Å²) in [5.41, 5.74) is 2.43. The molecule has 0 aliphatic carbocycles. The Labute approximate surface area is 169 Å². The highest BCUT2D eigenvalue weighted by molar-refractivity contribution is 5.79. The maximum Gasteiger partial charge on any atom is 0.434 e. The quantitative estimate of drug-likeness (QED) is 0.288. The summed E-state index contributed by atoms with van der Waals surface area (Å²) in [5.74, 6) is -0.330. The number of aryl methyl sites for hydroxylation is 1. The third-order valence-electron chi connectivity index (χ3n) is 4.79. The molecule has 0 unspecified atom stereocenters. The lowest BCUT2D eigenvalue weighted by atomic mass is 10.0. The zero-order valence-corrected chi connectivity index (χ0v) is 16.0. The largest absolute Gasteiger partial charge is 0.434 e. The molecule has 10 heteroatoms. The number of halogens is 1. The van der Waals surface area contributed by atoms with E-state index in [-0.39, 0.29) is 24.7 Å². The van der Waals surface area contributed by atoms with Crippen molar-refractivity contribution >= 4 is 22.8 Å². The van der Waals surface area contributed by atoms with Crippen molar-refractivity contribution in [1.29, 1.82) is 0 Å². The number of imidazole rings is 1. The number of anilines is 1. The Bertz CT molecular complexity index is 1310. The maximum absolute atomic E-state index is 14.0. The van der Waals surface area contributed by atoms with E-state index in [0.717, 1.165) is 9.99 Å². The molecular weight excluding hydrogens is 391 g/mol. The molecule has 4 rings (SSSR count). The molecule has 2 aromatic heterocycles. The van der Waals surface area contributed by atoms with Gasteiger partial charge in [-0.1, -0.05) is 23.2 Å². The van der Waals surface area contributed by atoms with E-state index in [9.17, 15) is 19.4 Å². The lowest BCUT2D eigenvalue weighted by Gasteiger charge is -2.10. The topological polar surface area (TPSA) is 112 Å². The van der Waals surface area contributed by atoms with Gasteiger partial charge in [-0.15, -0.1) is 0 Å². The summed E-state index contributed by atoms with van der Waals surface area (Å²) in [7, 11) is 0. The molecule has 2 heterocycles. The average Bonchev–Trinajstić information content (AvgIpc) is 3.19. The van der Waals surface area contributed by atoms with Crippen LogP contribution in [0.3, 0.4) is 0 Å². The van der Waals surface area contributed by atoms with Crippen molar-refractivity contribution in [3.05, 3.63) is 81.3 Å². The Morgan fingerprint density at radius 1 is 1.30 bits per heavy atom. The molecule has 0 saturated carbocycles. The van der Waals surface area contributed by atoms with Gasteiger partial charge < -0.3 is 20.4 Å². The maximum atomic E-state index is 14.0. The average molecular weight is 409 g/mol. The molecule has 0 saturated heterocycles. The first-order valence-electron chi connectivity index (χ1n) is 9.19. The van der Waals surface area contributed by atoms with Gasteiger partial charge in [0.15, 0.2) is 5.82 Å². The van der Waals surface area contributed by atoms with Crippen molar-refractivity contribution in [2.75, 3.05) is 11.9 Å². The standard InChI is InChI=1S/C20H18FN6O3/c1-13-6-7-14(21)12-15(13)18-19(24-16-4-2-3-5-17(16)26(18)28)22-8-10-25-11-9-23-20(25)27(29)30/h2-7,9,11-12H,8,10H2,1H3,(H2,22,24,28)/q+1. The van der Waals surface area contributed by atoms with Crippen LogP contribution in [-0.4, -0.2) is 26.0 Å². The molecule has 2 N–H and O–H groups in total. The molecular formula is C20H18FN6O3+. The highest BCUT2D eigenvalue weighted by Gasteiger charge is 2.25. The third kappa shape index (κ3) is 3.50. The highest BCUT2D eigenvalue weighted by Crippen LogP contribution is 2.28. The fourth-order valence-corrected chi connectivity index (χ4v) is 3.34. The number of fused-ring (bicyclic) bond motifs is 1. The van der Waals surface area contributed by atoms with Crippen LogP contribution in [0, 0.1) is 27.8 Å². The number of nitrogens with one attached hydrogen (secondary N) is 2. The van der Waals surface area contributed by atoms with Crippen molar-refractivity contribution in [3.8, 4) is 11.3 Å². The number of rotatable bonds is 6. The van der Waals surface area contributed by atoms with Crippen molar-refractivity contribution in [2.24, 2.45) is 0 Å². The number of benzene rings is 2. The van der Waals surface area contributed by atoms with Crippen molar-refractivity contribution < 1.29 is 13.7 Å². The molecule has 0 spiro atoms. The second-order valence-corrected chi connectivity index (χ2v) is 6.72. The van der Waals surface area contributed by atoms with Gasteiger partial charge in [0.1, 0.15) is 23.7 Å². The van der Waals surface area contributed by atoms with E-state index in [1.165, 1.54) is 29.1 Å². The summed E-state index contributed by atoms with van der Waals surface area (Å²) in [6.45, 7) is 2.31. The number of nitrogens with zero attached hydrogens (tertiary/aromatic N) is 4. The summed E-state index contributed by atoms with van der Waals surface area (Å²) in [4.78, 5) is 30.6. The number of para-hydroxylation sites is 2. The predicted octanol–water partition coefficient (Wildman–Crippen LogP) is 3.41. The molecule has 0 amide bonds. The number of hydrogen-bond donors (Lipinski definition) is 2. The highest BCUT2D eigenvalue weighted by atomic mass is 19.1. The minimum Gasteiger partial charge on any atom is -0.390 e. The van der Waals surface area contributed by atoms with E-state index < -0.39 is 10.7 Å². The van der Waals surface area contributed by atoms with Gasteiger partial charge in [0, 0.05) is 17.5 Å². The predicted molar refractivity (Wildman–Crippen MR) is 109 cm³/mol. The number of hydrogen-bond acceptors (Lipinski definition) is 5. The van der Waals surface area contributed by atoms with Gasteiger partial charge in [0.2, 0.25) is 0 Å². The van der Waals surface area contributed by atoms with E-state index in [0.29, 0.717) is 22.4 Å². The van der Waals surface area contributed by atoms with Crippen LogP contribution in [0.1, 0.15) is 5.56 Å². The minimum atomic E-state index is -0.560. The lowest BCUT2D eigenvalue weighted by molar-refractivity contribution is -0.450. The molecule has 0 aliphatic rings. The van der Waals surface area contributed by atoms with Crippen LogP contribution in [0.15, 0.2) is 54.9 Å². The van der Waals surface area contributed by atoms with Crippen LogP contribution in [0.4, 0.5) is 16.2 Å². The summed E-state index contributed by atoms with van der Waals surface area (Å²) in [5, 5.41) is 14.2. The first kappa shape index (κ1) is 19.2. The minimum absolute atomic E-state index is 0.242. The second-order valence-electron chi connectivity index (χ2n) is 6.72. The van der Waals surface area contributed by atoms with Crippen LogP contribution >= 0.6 is 0 Å². The molecule has 0 fully saturated rings. The Kier molecular flexibility index (Phi) is 4.97. The molecule has 9 nitrogen and oxygen atoms in total. The van der Waals surface area contributed by atoms with Gasteiger partial charge >= 0.3 is 11.6 Å². The fourth-order valence-electron chi connectivity index (χ4n) is 3.34. The molecule has 4 aromatic rings. The van der Waals surface area contributed by atoms with Crippen molar-refractivity contribution in [2.45, 2.75) is 13.5 Å². The van der Waals surface area contributed by atoms with E-state index in [2.05, 4.69) is 15.3 Å². The van der Waals surface area contributed by atoms with Gasteiger partial charge in [0.25, 0.3) is 5.52 Å². The first-order valence-corrected chi connectivity index (χ1v) is 9.19. The normalized spacial score (nSPS) is 11.0. The van der Waals surface area contributed by atoms with Gasteiger partial charge in [-0.25, -0.2) is 8.96 Å². The number of H-pyrrole nitrogens is 1. The summed E-state index contributed by atoms with van der Waals surface area (Å²) in [6, 6.07) is 11.2. The third-order valence-corrected chi connectivity index (χ3v) is 4.79. The smallest absolute Gasteiger partial charge is 0.390 e. The zero-order chi connectivity index (χ0) is 21.3. The summed E-state index contributed by atoms with van der Waals surface area (Å²) < 4.78 is 16.1. The number of aromatic amines is 1. The van der Waals surface area contributed by atoms with Gasteiger partial charge in [0.05, 0.1) is 16.5 Å². The fraction of sp³-hybridized carbons (Fsp3) is 0.150. The number of nitro groups is 1. The summed E-state index contributed by atoms with van der Waals surface area (Å²) in [6.07, 6.45) is 2.86. The SMILES string of the molecule is Cc1ccc(F)cc1-c1c(NCCn2ccnc2[N+](=O)[O-])[nH]c2ccccc2[n+]1=O. The molecule has 0 bridgehead atoms. The Hall–Kier alpha value is -4.08. The van der Waals surface area contributed by atoms with Crippen LogP contribution in [0.25, 0.3) is 22.3 Å². The Morgan fingerprint density at radius 3 is 2.90 bits per heavy atom. The van der Waals surface area contributed by atoms with Crippen LogP contribution < -0.4 is 9.74 Å². The zero-order valence-electron chi connectivity index (χ0n) is 16.0. The Balaban J connectivity index is 1.76. The van der Waals surface area contributed by atoms with Crippen molar-refractivity contribution in [3.63, 3.8) is 0 Å². The van der Waals surface area contributed by atoms with Gasteiger partial charge in [-0.2, -0.15) is 0 Å². The van der Waals surface area contributed by atoms with Gasteiger partial charge in [-0.05, 0) is 35.6 Å². The summed E-state index contributed by atoms with van der Waals surface area (Å²) >= 11 is 0. The van der Waals surface area contributed by atoms with Crippen LogP contribution in [0.5, 0.6) is 0 Å². The first-order chi connectivity index (χ1) is 14.5. The molecule has 152 valence electrons. The molecule has 0 radical (unpaired) electrons. The number of aromatic nitrogens is 4. The van der Waals surface area contributed by atoms with E-state index >= 15 is 0 Å². The molecule has 0 aliphatic heterocycles. The van der Waals surface area contributed by atoms with E-state index in [1.54, 1.807) is 37.3 Å². The Morgan fingerprint density at radius 2 is 2.10 bits per heavy atom. The van der Waals surface area contributed by atoms with Crippen LogP contribution in [0.2, 0.25) is 0 Å². The van der Waals surface area contributed by atoms with Crippen molar-refractivity contribution in [1.82, 2.24) is 14.5 Å². The second kappa shape index (κ2) is 7.74. The lowest BCUT2D eigenvalue weighted by Crippen LogP contribution is -2.24. The van der Waals surface area contributed by atoms with E-state index in [4.69, 9.17) is 0 Å².